The molecule has 0 amide bonds. The molecule has 0 aliphatic carbocycles. The third-order valence-electron chi connectivity index (χ3n) is 2.85. The molecule has 0 radical (unpaired) electrons. The molecule has 0 bridgehead atoms. The Hall–Kier alpha value is -2.60. The van der Waals surface area contributed by atoms with E-state index in [1.807, 2.05) is 24.3 Å². The number of pyridine rings is 1. The molecule has 2 aromatic rings. The minimum atomic E-state index is -0.494. The summed E-state index contributed by atoms with van der Waals surface area (Å²) in [4.78, 5) is 15.8. The van der Waals surface area contributed by atoms with E-state index in [1.165, 1.54) is 13.3 Å². The summed E-state index contributed by atoms with van der Waals surface area (Å²) < 4.78 is 9.78. The first-order chi connectivity index (χ1) is 10.1. The van der Waals surface area contributed by atoms with Crippen LogP contribution in [0, 0.1) is 0 Å². The van der Waals surface area contributed by atoms with Crippen molar-refractivity contribution in [3.8, 4) is 0 Å². The molecule has 0 saturated carbocycles. The molecule has 0 unspecified atom stereocenters. The molecular weight excluding hydrogens is 270 g/mol. The molecule has 1 heterocycles. The number of anilines is 3. The molecule has 0 aliphatic heterocycles. The fourth-order valence-electron chi connectivity index (χ4n) is 1.87. The Kier molecular flexibility index (Phi) is 4.73. The van der Waals surface area contributed by atoms with Crippen molar-refractivity contribution in [2.24, 2.45) is 0 Å². The van der Waals surface area contributed by atoms with Gasteiger partial charge in [0.1, 0.15) is 5.82 Å². The number of nitrogens with one attached hydrogen (secondary N) is 1. The van der Waals surface area contributed by atoms with Crippen LogP contribution >= 0.6 is 0 Å². The van der Waals surface area contributed by atoms with E-state index in [-0.39, 0.29) is 11.3 Å². The number of nitrogens with zero attached hydrogens (tertiary/aromatic N) is 1. The van der Waals surface area contributed by atoms with Gasteiger partial charge >= 0.3 is 5.97 Å². The van der Waals surface area contributed by atoms with Gasteiger partial charge in [0, 0.05) is 12.8 Å². The lowest BCUT2D eigenvalue weighted by molar-refractivity contribution is 0.0602. The van der Waals surface area contributed by atoms with Crippen molar-refractivity contribution in [2.75, 3.05) is 25.3 Å². The van der Waals surface area contributed by atoms with Gasteiger partial charge in [-0.15, -0.1) is 0 Å². The second-order valence-corrected chi connectivity index (χ2v) is 4.41. The van der Waals surface area contributed by atoms with E-state index in [2.05, 4.69) is 15.0 Å². The lowest BCUT2D eigenvalue weighted by Crippen LogP contribution is -2.07. The molecule has 3 N–H and O–H groups in total. The molecule has 2 rings (SSSR count). The third kappa shape index (κ3) is 3.70. The van der Waals surface area contributed by atoms with Crippen molar-refractivity contribution in [2.45, 2.75) is 6.61 Å². The Morgan fingerprint density at radius 3 is 2.86 bits per heavy atom. The standard InChI is InChI=1S/C15H17N3O3/c1-20-9-10-4-3-5-11(6-10)18-14-7-12(15(19)21-2)13(16)8-17-14/h3-8H,9,16H2,1-2H3,(H,17,18). The van der Waals surface area contributed by atoms with E-state index in [0.717, 1.165) is 11.3 Å². The maximum Gasteiger partial charge on any atom is 0.340 e. The van der Waals surface area contributed by atoms with Crippen LogP contribution in [0.2, 0.25) is 0 Å². The fraction of sp³-hybridized carbons (Fsp3) is 0.200. The molecule has 1 aromatic heterocycles. The second kappa shape index (κ2) is 6.71. The highest BCUT2D eigenvalue weighted by molar-refractivity contribution is 5.95. The van der Waals surface area contributed by atoms with E-state index in [0.29, 0.717) is 12.4 Å². The fourth-order valence-corrected chi connectivity index (χ4v) is 1.87. The largest absolute Gasteiger partial charge is 0.465 e. The highest BCUT2D eigenvalue weighted by Gasteiger charge is 2.11. The van der Waals surface area contributed by atoms with Crippen molar-refractivity contribution < 1.29 is 14.3 Å². The molecule has 110 valence electrons. The molecule has 0 aliphatic rings. The Labute approximate surface area is 122 Å². The maximum absolute atomic E-state index is 11.6. The summed E-state index contributed by atoms with van der Waals surface area (Å²) in [5.41, 5.74) is 8.15. The molecule has 21 heavy (non-hydrogen) atoms. The number of carbonyl (C=O) groups excluding carboxylic acids is 1. The summed E-state index contributed by atoms with van der Waals surface area (Å²) in [5.74, 6) is 0.0188. The van der Waals surface area contributed by atoms with Crippen LogP contribution in [0.5, 0.6) is 0 Å². The predicted octanol–water partition coefficient (Wildman–Crippen LogP) is 2.34. The van der Waals surface area contributed by atoms with Gasteiger partial charge in [0.2, 0.25) is 0 Å². The normalized spacial score (nSPS) is 10.2. The monoisotopic (exact) mass is 287 g/mol. The van der Waals surface area contributed by atoms with Gasteiger partial charge in [-0.25, -0.2) is 9.78 Å². The molecule has 6 heteroatoms. The van der Waals surface area contributed by atoms with Crippen LogP contribution in [0.4, 0.5) is 17.2 Å². The zero-order valence-electron chi connectivity index (χ0n) is 11.9. The Morgan fingerprint density at radius 2 is 2.14 bits per heavy atom. The second-order valence-electron chi connectivity index (χ2n) is 4.41. The minimum Gasteiger partial charge on any atom is -0.465 e. The van der Waals surface area contributed by atoms with E-state index in [4.69, 9.17) is 10.5 Å². The Bertz CT molecular complexity index is 644. The van der Waals surface area contributed by atoms with E-state index in [1.54, 1.807) is 13.2 Å². The Balaban J connectivity index is 2.23. The van der Waals surface area contributed by atoms with Crippen molar-refractivity contribution in [3.05, 3.63) is 47.7 Å². The number of nitrogen functional groups attached to an aromatic ring is 1. The van der Waals surface area contributed by atoms with Gasteiger partial charge in [-0.05, 0) is 23.8 Å². The number of carbonyl (C=O) groups is 1. The van der Waals surface area contributed by atoms with Gasteiger partial charge < -0.3 is 20.5 Å². The van der Waals surface area contributed by atoms with E-state index in [9.17, 15) is 4.79 Å². The van der Waals surface area contributed by atoms with Crippen molar-refractivity contribution >= 4 is 23.2 Å². The number of hydrogen-bond donors (Lipinski definition) is 2. The lowest BCUT2D eigenvalue weighted by Gasteiger charge is -2.10. The minimum absolute atomic E-state index is 0.278. The van der Waals surface area contributed by atoms with Crippen LogP contribution < -0.4 is 11.1 Å². The summed E-state index contributed by atoms with van der Waals surface area (Å²) in [5, 5.41) is 3.12. The highest BCUT2D eigenvalue weighted by atomic mass is 16.5. The molecule has 0 atom stereocenters. The molecule has 0 spiro atoms. The SMILES string of the molecule is COCc1cccc(Nc2cc(C(=O)OC)c(N)cn2)c1. The lowest BCUT2D eigenvalue weighted by atomic mass is 10.2. The number of esters is 1. The predicted molar refractivity (Wildman–Crippen MR) is 80.4 cm³/mol. The topological polar surface area (TPSA) is 86.5 Å². The zero-order valence-corrected chi connectivity index (χ0v) is 11.9. The van der Waals surface area contributed by atoms with Gasteiger partial charge in [-0.3, -0.25) is 0 Å². The summed E-state index contributed by atoms with van der Waals surface area (Å²) in [7, 11) is 2.95. The van der Waals surface area contributed by atoms with Crippen LogP contribution in [-0.2, 0) is 16.1 Å². The number of nitrogens with two attached hydrogens (primary N) is 1. The molecule has 1 aromatic carbocycles. The van der Waals surface area contributed by atoms with Gasteiger partial charge in [0.05, 0.1) is 31.2 Å². The smallest absolute Gasteiger partial charge is 0.340 e. The third-order valence-corrected chi connectivity index (χ3v) is 2.85. The van der Waals surface area contributed by atoms with Crippen molar-refractivity contribution in [1.29, 1.82) is 0 Å². The summed E-state index contributed by atoms with van der Waals surface area (Å²) in [6, 6.07) is 9.28. The first kappa shape index (κ1) is 14.8. The zero-order chi connectivity index (χ0) is 15.2. The number of benzene rings is 1. The van der Waals surface area contributed by atoms with Crippen LogP contribution in [0.25, 0.3) is 0 Å². The average molecular weight is 287 g/mol. The van der Waals surface area contributed by atoms with Gasteiger partial charge in [0.15, 0.2) is 0 Å². The quantitative estimate of drug-likeness (QED) is 0.821. The van der Waals surface area contributed by atoms with Crippen LogP contribution in [0.3, 0.4) is 0 Å². The van der Waals surface area contributed by atoms with Gasteiger partial charge in [-0.2, -0.15) is 0 Å². The first-order valence-corrected chi connectivity index (χ1v) is 6.32. The summed E-state index contributed by atoms with van der Waals surface area (Å²) in [6.07, 6.45) is 1.42. The van der Waals surface area contributed by atoms with E-state index < -0.39 is 5.97 Å². The Morgan fingerprint density at radius 1 is 1.33 bits per heavy atom. The summed E-state index contributed by atoms with van der Waals surface area (Å²) in [6.45, 7) is 0.526. The molecule has 6 nitrogen and oxygen atoms in total. The summed E-state index contributed by atoms with van der Waals surface area (Å²) >= 11 is 0. The maximum atomic E-state index is 11.6. The van der Waals surface area contributed by atoms with Crippen molar-refractivity contribution in [3.63, 3.8) is 0 Å². The first-order valence-electron chi connectivity index (χ1n) is 6.32. The molecule has 0 fully saturated rings. The number of rotatable bonds is 5. The van der Waals surface area contributed by atoms with Crippen LogP contribution in [0.1, 0.15) is 15.9 Å². The number of ether oxygens (including phenoxy) is 2. The molecular formula is C15H17N3O3. The average Bonchev–Trinajstić information content (AvgIpc) is 2.49. The molecule has 0 saturated heterocycles. The van der Waals surface area contributed by atoms with Gasteiger partial charge in [-0.1, -0.05) is 12.1 Å². The highest BCUT2D eigenvalue weighted by Crippen LogP contribution is 2.20. The van der Waals surface area contributed by atoms with Crippen molar-refractivity contribution in [1.82, 2.24) is 4.98 Å². The van der Waals surface area contributed by atoms with Gasteiger partial charge in [0.25, 0.3) is 0 Å². The van der Waals surface area contributed by atoms with Crippen LogP contribution in [0.15, 0.2) is 36.5 Å². The number of methoxy groups -OCH3 is 2. The number of aromatic nitrogens is 1. The van der Waals surface area contributed by atoms with E-state index >= 15 is 0 Å². The number of hydrogen-bond acceptors (Lipinski definition) is 6. The van der Waals surface area contributed by atoms with Crippen LogP contribution in [-0.4, -0.2) is 25.2 Å².